The highest BCUT2D eigenvalue weighted by molar-refractivity contribution is 5.66. The summed E-state index contributed by atoms with van der Waals surface area (Å²) < 4.78 is 24.3. The molecule has 17 heavy (non-hydrogen) atoms. The van der Waals surface area contributed by atoms with E-state index in [1.165, 1.54) is 6.92 Å². The van der Waals surface area contributed by atoms with Crippen molar-refractivity contribution in [3.8, 4) is 0 Å². The van der Waals surface area contributed by atoms with E-state index >= 15 is 0 Å². The molecule has 0 unspecified atom stereocenters. The first-order valence-corrected chi connectivity index (χ1v) is 5.75. The Labute approximate surface area is 101 Å². The third-order valence-corrected chi connectivity index (χ3v) is 2.44. The molecule has 1 N–H and O–H groups in total. The molecule has 4 heteroatoms. The van der Waals surface area contributed by atoms with Crippen LogP contribution in [0.5, 0.6) is 0 Å². The molecule has 2 nitrogen and oxygen atoms in total. The van der Waals surface area contributed by atoms with Crippen molar-refractivity contribution in [3.63, 3.8) is 0 Å². The van der Waals surface area contributed by atoms with Crippen molar-refractivity contribution in [2.75, 3.05) is 0 Å². The van der Waals surface area contributed by atoms with E-state index in [1.807, 2.05) is 13.0 Å². The highest BCUT2D eigenvalue weighted by Crippen LogP contribution is 2.12. The molecule has 0 radical (unpaired) electrons. The van der Waals surface area contributed by atoms with Crippen molar-refractivity contribution >= 4 is 5.97 Å². The molecule has 0 aromatic rings. The second-order valence-corrected chi connectivity index (χ2v) is 4.12. The van der Waals surface area contributed by atoms with E-state index < -0.39 is 12.4 Å². The van der Waals surface area contributed by atoms with Crippen LogP contribution in [0.15, 0.2) is 23.3 Å². The van der Waals surface area contributed by atoms with Gasteiger partial charge in [0.05, 0.1) is 0 Å². The molecule has 0 atom stereocenters. The topological polar surface area (TPSA) is 37.3 Å². The summed E-state index contributed by atoms with van der Waals surface area (Å²) in [4.78, 5) is 10.3. The van der Waals surface area contributed by atoms with Gasteiger partial charge in [-0.2, -0.15) is 0 Å². The first kappa shape index (κ1) is 15.8. The van der Waals surface area contributed by atoms with Gasteiger partial charge < -0.3 is 5.11 Å². The lowest BCUT2D eigenvalue weighted by molar-refractivity contribution is -0.137. The van der Waals surface area contributed by atoms with E-state index in [2.05, 4.69) is 0 Å². The molecule has 0 heterocycles. The Bertz CT molecular complexity index is 294. The lowest BCUT2D eigenvalue weighted by atomic mass is 10.1. The summed E-state index contributed by atoms with van der Waals surface area (Å²) in [6.07, 6.45) is 4.06. The maximum absolute atomic E-state index is 12.1. The van der Waals surface area contributed by atoms with Crippen LogP contribution in [0.25, 0.3) is 0 Å². The number of rotatable bonds is 8. The van der Waals surface area contributed by atoms with Gasteiger partial charge in [0.1, 0.15) is 0 Å². The molecule has 0 aliphatic rings. The van der Waals surface area contributed by atoms with Crippen LogP contribution in [0.2, 0.25) is 0 Å². The Kier molecular flexibility index (Phi) is 8.28. The summed E-state index contributed by atoms with van der Waals surface area (Å²) in [5.74, 6) is -0.786. The van der Waals surface area contributed by atoms with Gasteiger partial charge in [-0.3, -0.25) is 4.79 Å². The molecule has 0 fully saturated rings. The van der Waals surface area contributed by atoms with E-state index in [0.717, 1.165) is 18.4 Å². The number of aliphatic carboxylic acids is 1. The third-order valence-electron chi connectivity index (χ3n) is 2.44. The number of carboxylic acid groups (broad SMARTS) is 1. The molecule has 0 saturated carbocycles. The Morgan fingerprint density at radius 2 is 1.82 bits per heavy atom. The molecular formula is C13H20F2O2. The predicted octanol–water partition coefficient (Wildman–Crippen LogP) is 4.18. The number of hydrogen-bond acceptors (Lipinski definition) is 1. The summed E-state index contributed by atoms with van der Waals surface area (Å²) in [7, 11) is 0. The Morgan fingerprint density at radius 1 is 1.18 bits per heavy atom. The van der Waals surface area contributed by atoms with E-state index in [9.17, 15) is 13.6 Å². The Morgan fingerprint density at radius 3 is 2.35 bits per heavy atom. The van der Waals surface area contributed by atoms with Crippen molar-refractivity contribution in [3.05, 3.63) is 23.3 Å². The summed E-state index contributed by atoms with van der Waals surface area (Å²) in [5, 5.41) is 8.43. The lowest BCUT2D eigenvalue weighted by Crippen LogP contribution is -1.93. The van der Waals surface area contributed by atoms with E-state index in [-0.39, 0.29) is 12.0 Å². The monoisotopic (exact) mass is 246 g/mol. The predicted molar refractivity (Wildman–Crippen MR) is 64.2 cm³/mol. The number of unbranched alkanes of at least 4 members (excludes halogenated alkanes) is 1. The largest absolute Gasteiger partial charge is 0.481 e. The van der Waals surface area contributed by atoms with Crippen LogP contribution in [-0.2, 0) is 4.79 Å². The van der Waals surface area contributed by atoms with Gasteiger partial charge in [0.25, 0.3) is 6.43 Å². The minimum Gasteiger partial charge on any atom is -0.481 e. The smallest absolute Gasteiger partial charge is 0.303 e. The van der Waals surface area contributed by atoms with Gasteiger partial charge in [0.15, 0.2) is 0 Å². The van der Waals surface area contributed by atoms with Crippen LogP contribution in [0.4, 0.5) is 8.78 Å². The molecule has 0 saturated heterocycles. The SMILES string of the molecule is CC(=CCCCC(=O)O)CCC=C(C)C(F)F. The first-order valence-electron chi connectivity index (χ1n) is 5.75. The fourth-order valence-electron chi connectivity index (χ4n) is 1.32. The van der Waals surface area contributed by atoms with Gasteiger partial charge in [0, 0.05) is 6.42 Å². The number of allylic oxidation sites excluding steroid dienone is 4. The van der Waals surface area contributed by atoms with Crippen LogP contribution < -0.4 is 0 Å². The zero-order chi connectivity index (χ0) is 13.3. The quantitative estimate of drug-likeness (QED) is 0.515. The Hall–Kier alpha value is -1.19. The molecule has 98 valence electrons. The van der Waals surface area contributed by atoms with Gasteiger partial charge in [-0.15, -0.1) is 0 Å². The van der Waals surface area contributed by atoms with Crippen LogP contribution in [0, 0.1) is 0 Å². The number of halogens is 2. The van der Waals surface area contributed by atoms with Gasteiger partial charge in [-0.1, -0.05) is 17.7 Å². The van der Waals surface area contributed by atoms with E-state index in [1.54, 1.807) is 6.08 Å². The Balaban J connectivity index is 3.78. The highest BCUT2D eigenvalue weighted by Gasteiger charge is 2.03. The van der Waals surface area contributed by atoms with Gasteiger partial charge in [0.2, 0.25) is 0 Å². The van der Waals surface area contributed by atoms with Crippen molar-refractivity contribution in [1.29, 1.82) is 0 Å². The zero-order valence-corrected chi connectivity index (χ0v) is 10.4. The summed E-state index contributed by atoms with van der Waals surface area (Å²) in [6, 6.07) is 0. The number of carbonyl (C=O) groups is 1. The normalized spacial score (nSPS) is 13.2. The second kappa shape index (κ2) is 8.90. The maximum Gasteiger partial charge on any atom is 0.303 e. The number of hydrogen-bond donors (Lipinski definition) is 1. The van der Waals surface area contributed by atoms with Crippen LogP contribution in [0.1, 0.15) is 46.0 Å². The molecule has 0 aliphatic carbocycles. The minimum absolute atomic E-state index is 0.115. The molecule has 0 rings (SSSR count). The molecule has 0 spiro atoms. The zero-order valence-electron chi connectivity index (χ0n) is 10.4. The third kappa shape index (κ3) is 9.72. The van der Waals surface area contributed by atoms with Gasteiger partial charge in [-0.25, -0.2) is 8.78 Å². The van der Waals surface area contributed by atoms with Crippen molar-refractivity contribution in [2.24, 2.45) is 0 Å². The highest BCUT2D eigenvalue weighted by atomic mass is 19.3. The summed E-state index contributed by atoms with van der Waals surface area (Å²) in [5.41, 5.74) is 1.23. The van der Waals surface area contributed by atoms with Crippen LogP contribution in [-0.4, -0.2) is 17.5 Å². The number of alkyl halides is 2. The minimum atomic E-state index is -2.37. The molecule has 0 aliphatic heterocycles. The lowest BCUT2D eigenvalue weighted by Gasteiger charge is -2.01. The summed E-state index contributed by atoms with van der Waals surface area (Å²) in [6.45, 7) is 3.36. The number of carboxylic acids is 1. The molecular weight excluding hydrogens is 226 g/mol. The molecule has 0 amide bonds. The summed E-state index contributed by atoms with van der Waals surface area (Å²) >= 11 is 0. The van der Waals surface area contributed by atoms with Crippen molar-refractivity contribution in [2.45, 2.75) is 52.4 Å². The van der Waals surface area contributed by atoms with Crippen molar-refractivity contribution in [1.82, 2.24) is 0 Å². The van der Waals surface area contributed by atoms with Gasteiger partial charge >= 0.3 is 5.97 Å². The van der Waals surface area contributed by atoms with Crippen LogP contribution >= 0.6 is 0 Å². The maximum atomic E-state index is 12.1. The fraction of sp³-hybridized carbons (Fsp3) is 0.615. The standard InChI is InChI=1S/C13H20F2O2/c1-10(6-3-4-9-12(16)17)7-5-8-11(2)13(14)15/h6,8,13H,3-5,7,9H2,1-2H3,(H,16,17). The van der Waals surface area contributed by atoms with Gasteiger partial charge in [-0.05, 0) is 45.1 Å². The van der Waals surface area contributed by atoms with Crippen LogP contribution in [0.3, 0.4) is 0 Å². The fourth-order valence-corrected chi connectivity index (χ4v) is 1.32. The average Bonchev–Trinajstić information content (AvgIpc) is 2.23. The average molecular weight is 246 g/mol. The first-order chi connectivity index (χ1) is 7.93. The second-order valence-electron chi connectivity index (χ2n) is 4.12. The molecule has 0 aromatic carbocycles. The van der Waals surface area contributed by atoms with Crippen molar-refractivity contribution < 1.29 is 18.7 Å². The molecule has 0 aromatic heterocycles. The molecule has 0 bridgehead atoms. The van der Waals surface area contributed by atoms with E-state index in [0.29, 0.717) is 12.8 Å². The van der Waals surface area contributed by atoms with E-state index in [4.69, 9.17) is 5.11 Å².